The van der Waals surface area contributed by atoms with Crippen LogP contribution < -0.4 is 5.73 Å². The van der Waals surface area contributed by atoms with Crippen LogP contribution in [0.1, 0.15) is 63.5 Å². The summed E-state index contributed by atoms with van der Waals surface area (Å²) in [5.41, 5.74) is 10.8. The van der Waals surface area contributed by atoms with Crippen molar-refractivity contribution >= 4 is 5.91 Å². The van der Waals surface area contributed by atoms with Gasteiger partial charge in [-0.15, -0.1) is 0 Å². The van der Waals surface area contributed by atoms with Crippen molar-refractivity contribution in [1.82, 2.24) is 4.90 Å². The van der Waals surface area contributed by atoms with Gasteiger partial charge in [0.15, 0.2) is 0 Å². The molecule has 7 rings (SSSR count). The van der Waals surface area contributed by atoms with Crippen molar-refractivity contribution in [2.45, 2.75) is 70.3 Å². The molecule has 1 amide bonds. The Morgan fingerprint density at radius 1 is 0.971 bits per heavy atom. The molecule has 1 heterocycles. The molecule has 5 aliphatic rings. The number of nitrogens with two attached hydrogens (primary N) is 1. The smallest absolute Gasteiger partial charge is 0.228 e. The number of carbonyl (C=O) groups excluding carboxylic acids is 1. The number of hydrogen-bond acceptors (Lipinski definition) is 2. The quantitative estimate of drug-likeness (QED) is 0.569. The highest BCUT2D eigenvalue weighted by Crippen LogP contribution is 2.68. The van der Waals surface area contributed by atoms with Crippen molar-refractivity contribution in [3.8, 4) is 0 Å². The second-order valence-corrected chi connectivity index (χ2v) is 12.8. The fraction of sp³-hybridized carbons (Fsp3) is 0.531. The molecule has 0 radical (unpaired) electrons. The molecular weight excluding hydrogens is 428 g/mol. The van der Waals surface area contributed by atoms with Crippen LogP contribution in [0.2, 0.25) is 0 Å². The molecule has 1 aliphatic heterocycles. The second kappa shape index (κ2) is 8.34. The van der Waals surface area contributed by atoms with E-state index in [9.17, 15) is 4.79 Å². The van der Waals surface area contributed by atoms with Crippen molar-refractivity contribution in [2.24, 2.45) is 28.4 Å². The molecule has 184 valence electrons. The Kier molecular flexibility index (Phi) is 5.49. The van der Waals surface area contributed by atoms with E-state index in [1.54, 1.807) is 5.57 Å². The molecule has 2 N–H and O–H groups in total. The lowest BCUT2D eigenvalue weighted by Crippen LogP contribution is -2.63. The minimum atomic E-state index is -0.219. The van der Waals surface area contributed by atoms with Crippen LogP contribution in [0.25, 0.3) is 0 Å². The number of benzene rings is 2. The van der Waals surface area contributed by atoms with Crippen LogP contribution >= 0.6 is 0 Å². The van der Waals surface area contributed by atoms with Crippen LogP contribution in [0.5, 0.6) is 0 Å². The number of piperidine rings is 1. The van der Waals surface area contributed by atoms with Gasteiger partial charge in [-0.25, -0.2) is 0 Å². The van der Waals surface area contributed by atoms with E-state index in [4.69, 9.17) is 5.73 Å². The van der Waals surface area contributed by atoms with E-state index >= 15 is 0 Å². The highest BCUT2D eigenvalue weighted by molar-refractivity contribution is 5.84. The maximum absolute atomic E-state index is 14.4. The highest BCUT2D eigenvalue weighted by Gasteiger charge is 2.63. The van der Waals surface area contributed by atoms with Crippen molar-refractivity contribution in [3.63, 3.8) is 0 Å². The Morgan fingerprint density at radius 2 is 1.60 bits per heavy atom. The molecule has 4 saturated carbocycles. The van der Waals surface area contributed by atoms with Crippen LogP contribution in [-0.4, -0.2) is 29.9 Å². The first-order chi connectivity index (χ1) is 16.8. The van der Waals surface area contributed by atoms with Gasteiger partial charge in [-0.3, -0.25) is 4.79 Å². The zero-order valence-electron chi connectivity index (χ0n) is 21.4. The lowest BCUT2D eigenvalue weighted by molar-refractivity contribution is -0.159. The van der Waals surface area contributed by atoms with Gasteiger partial charge in [0.2, 0.25) is 5.91 Å². The molecule has 4 aliphatic carbocycles. The number of hydrogen-bond donors (Lipinski definition) is 1. The largest absolute Gasteiger partial charge is 0.342 e. The lowest BCUT2D eigenvalue weighted by Gasteiger charge is -2.63. The number of rotatable bonds is 4. The van der Waals surface area contributed by atoms with Gasteiger partial charge in [-0.05, 0) is 78.7 Å². The molecule has 4 bridgehead atoms. The molecule has 5 fully saturated rings. The number of likely N-dealkylation sites (tertiary alicyclic amines) is 1. The van der Waals surface area contributed by atoms with Crippen molar-refractivity contribution in [1.29, 1.82) is 0 Å². The fourth-order valence-corrected chi connectivity index (χ4v) is 8.38. The number of carbonyl (C=O) groups is 1. The molecule has 1 saturated heterocycles. The summed E-state index contributed by atoms with van der Waals surface area (Å²) in [4.78, 5) is 16.6. The molecular formula is C32H40N2O. The van der Waals surface area contributed by atoms with Gasteiger partial charge in [-0.2, -0.15) is 0 Å². The number of amides is 1. The summed E-state index contributed by atoms with van der Waals surface area (Å²) in [5.74, 6) is 1.46. The first-order valence-electron chi connectivity index (χ1n) is 13.6. The van der Waals surface area contributed by atoms with Crippen molar-refractivity contribution < 1.29 is 4.79 Å². The molecule has 2 aromatic rings. The van der Waals surface area contributed by atoms with E-state index in [1.165, 1.54) is 24.0 Å². The lowest BCUT2D eigenvalue weighted by atomic mass is 9.41. The molecule has 2 unspecified atom stereocenters. The molecule has 2 aromatic carbocycles. The summed E-state index contributed by atoms with van der Waals surface area (Å²) in [6.07, 6.45) is 9.90. The van der Waals surface area contributed by atoms with Gasteiger partial charge in [-0.1, -0.05) is 86.2 Å². The maximum atomic E-state index is 14.4. The number of allylic oxidation sites excluding steroid dienone is 2. The van der Waals surface area contributed by atoms with Crippen LogP contribution in [0.15, 0.2) is 72.3 Å². The molecule has 3 heteroatoms. The summed E-state index contributed by atoms with van der Waals surface area (Å²) in [7, 11) is 0. The number of nitrogens with zero attached hydrogens (tertiary/aromatic N) is 1. The molecule has 0 spiro atoms. The van der Waals surface area contributed by atoms with E-state index in [2.05, 4.69) is 85.5 Å². The van der Waals surface area contributed by atoms with Crippen molar-refractivity contribution in [3.05, 3.63) is 83.4 Å². The minimum Gasteiger partial charge on any atom is -0.342 e. The Morgan fingerprint density at radius 3 is 2.23 bits per heavy atom. The standard InChI is InChI=1S/C32H40N2O/c1-30(2)22-34(16-15-28(30)33)29(35)32-19-24-17-31(21-32,26-11-7-4-8-12-26)18-25(20-32)27(24)14-13-23-9-5-3-6-10-23/h3-12,14,24-25,28H,13,15-22,33H2,1-2H3/t24?,25?,28-,31?,32?/m0/s1. The summed E-state index contributed by atoms with van der Waals surface area (Å²) >= 11 is 0. The topological polar surface area (TPSA) is 46.3 Å². The van der Waals surface area contributed by atoms with Gasteiger partial charge < -0.3 is 10.6 Å². The van der Waals surface area contributed by atoms with E-state index in [0.29, 0.717) is 17.7 Å². The van der Waals surface area contributed by atoms with Gasteiger partial charge in [0.05, 0.1) is 5.41 Å². The second-order valence-electron chi connectivity index (χ2n) is 12.8. The molecule has 3 atom stereocenters. The highest BCUT2D eigenvalue weighted by atomic mass is 16.2. The van der Waals surface area contributed by atoms with E-state index in [-0.39, 0.29) is 22.3 Å². The van der Waals surface area contributed by atoms with Crippen LogP contribution in [-0.2, 0) is 16.6 Å². The van der Waals surface area contributed by atoms with E-state index in [1.807, 2.05) is 0 Å². The van der Waals surface area contributed by atoms with Gasteiger partial charge in [0.25, 0.3) is 0 Å². The SMILES string of the molecule is CC1(C)CN(C(=O)C23CC4CC(c5ccccc5)(CC(C2)C4=CCc2ccccc2)C3)CC[C@@H]1N. The summed E-state index contributed by atoms with van der Waals surface area (Å²) < 4.78 is 0. The van der Waals surface area contributed by atoms with E-state index in [0.717, 1.165) is 45.2 Å². The molecule has 35 heavy (non-hydrogen) atoms. The monoisotopic (exact) mass is 468 g/mol. The third kappa shape index (κ3) is 3.87. The van der Waals surface area contributed by atoms with Gasteiger partial charge >= 0.3 is 0 Å². The Labute approximate surface area is 210 Å². The predicted molar refractivity (Wildman–Crippen MR) is 142 cm³/mol. The van der Waals surface area contributed by atoms with Crippen LogP contribution in [0.3, 0.4) is 0 Å². The first-order valence-corrected chi connectivity index (χ1v) is 13.6. The Balaban J connectivity index is 1.34. The average molecular weight is 469 g/mol. The third-order valence-electron chi connectivity index (χ3n) is 10.0. The van der Waals surface area contributed by atoms with Crippen molar-refractivity contribution in [2.75, 3.05) is 13.1 Å². The summed E-state index contributed by atoms with van der Waals surface area (Å²) in [6.45, 7) is 6.06. The zero-order valence-corrected chi connectivity index (χ0v) is 21.4. The minimum absolute atomic E-state index is 0.0198. The normalized spacial score (nSPS) is 35.2. The Hall–Kier alpha value is -2.39. The third-order valence-corrected chi connectivity index (χ3v) is 10.0. The Bertz CT molecular complexity index is 1100. The summed E-state index contributed by atoms with van der Waals surface area (Å²) in [5, 5.41) is 0. The fourth-order valence-electron chi connectivity index (χ4n) is 8.38. The van der Waals surface area contributed by atoms with Crippen LogP contribution in [0.4, 0.5) is 0 Å². The summed E-state index contributed by atoms with van der Waals surface area (Å²) in [6, 6.07) is 22.1. The molecule has 0 aromatic heterocycles. The maximum Gasteiger partial charge on any atom is 0.228 e. The van der Waals surface area contributed by atoms with Gasteiger partial charge in [0, 0.05) is 19.1 Å². The zero-order chi connectivity index (χ0) is 24.3. The van der Waals surface area contributed by atoms with E-state index < -0.39 is 0 Å². The average Bonchev–Trinajstić information content (AvgIpc) is 2.85. The predicted octanol–water partition coefficient (Wildman–Crippen LogP) is 5.89. The van der Waals surface area contributed by atoms with Gasteiger partial charge in [0.1, 0.15) is 0 Å². The first kappa shape index (κ1) is 23.0. The molecule has 3 nitrogen and oxygen atoms in total. The van der Waals surface area contributed by atoms with Crippen LogP contribution in [0, 0.1) is 22.7 Å².